The minimum absolute atomic E-state index is 0.0836. The van der Waals surface area contributed by atoms with Crippen LogP contribution in [-0.2, 0) is 67.4 Å². The van der Waals surface area contributed by atoms with Gasteiger partial charge in [-0.15, -0.1) is 0 Å². The number of methoxy groups -OCH3 is 1. The second-order valence-electron chi connectivity index (χ2n) is 24.7. The van der Waals surface area contributed by atoms with E-state index in [1.165, 1.54) is 18.2 Å². The Hall–Kier alpha value is -9.69. The van der Waals surface area contributed by atoms with E-state index in [0.717, 1.165) is 89.4 Å². The molecular formula is C74H89N9O13S. The summed E-state index contributed by atoms with van der Waals surface area (Å²) in [7, 11) is -2.14. The Balaban J connectivity index is 0.000000368. The lowest BCUT2D eigenvalue weighted by molar-refractivity contribution is -0.193. The predicted octanol–water partition coefficient (Wildman–Crippen LogP) is 8.37. The Morgan fingerprint density at radius 3 is 1.16 bits per heavy atom. The number of pyridine rings is 3. The van der Waals surface area contributed by atoms with E-state index in [1.807, 2.05) is 154 Å². The highest BCUT2D eigenvalue weighted by Gasteiger charge is 2.26. The first-order valence-corrected chi connectivity index (χ1v) is 33.2. The molecule has 2 fully saturated rings. The zero-order valence-electron chi connectivity index (χ0n) is 57.8. The third-order valence-electron chi connectivity index (χ3n) is 13.7. The molecule has 97 heavy (non-hydrogen) atoms. The average Bonchev–Trinajstić information content (AvgIpc) is 1.65. The van der Waals surface area contributed by atoms with Crippen molar-refractivity contribution < 1.29 is 60.4 Å². The van der Waals surface area contributed by atoms with Crippen LogP contribution in [0.1, 0.15) is 131 Å². The molecule has 0 bridgehead atoms. The maximum atomic E-state index is 13.4. The number of carbonyl (C=O) groups excluding carboxylic acids is 7. The normalized spacial score (nSPS) is 13.5. The zero-order valence-corrected chi connectivity index (χ0v) is 58.7. The molecular weight excluding hydrogens is 1250 g/mol. The molecule has 2 aliphatic heterocycles. The van der Waals surface area contributed by atoms with Gasteiger partial charge in [0.05, 0.1) is 30.4 Å². The first-order valence-electron chi connectivity index (χ1n) is 31.4. The quantitative estimate of drug-likeness (QED) is 0.0627. The summed E-state index contributed by atoms with van der Waals surface area (Å²) in [5, 5.41) is 6.53. The van der Waals surface area contributed by atoms with Crippen LogP contribution >= 0.6 is 0 Å². The summed E-state index contributed by atoms with van der Waals surface area (Å²) in [6.07, 6.45) is 0.945. The maximum absolute atomic E-state index is 13.4. The van der Waals surface area contributed by atoms with Crippen molar-refractivity contribution in [2.24, 2.45) is 0 Å². The highest BCUT2D eigenvalue weighted by atomic mass is 32.2. The topological polar surface area (TPSA) is 266 Å². The van der Waals surface area contributed by atoms with Crippen LogP contribution in [-0.4, -0.2) is 177 Å². The summed E-state index contributed by atoms with van der Waals surface area (Å²) in [6, 6.07) is 35.3. The van der Waals surface area contributed by atoms with Crippen LogP contribution in [0.25, 0.3) is 0 Å². The van der Waals surface area contributed by atoms with Gasteiger partial charge in [0, 0.05) is 136 Å². The molecule has 5 heterocycles. The molecule has 514 valence electrons. The van der Waals surface area contributed by atoms with E-state index >= 15 is 0 Å². The monoisotopic (exact) mass is 1340 g/mol. The van der Waals surface area contributed by atoms with Crippen LogP contribution in [0.15, 0.2) is 109 Å². The first-order chi connectivity index (χ1) is 45.9. The lowest BCUT2D eigenvalue weighted by Crippen LogP contribution is -2.42. The summed E-state index contributed by atoms with van der Waals surface area (Å²) < 4.78 is 43.0. The van der Waals surface area contributed by atoms with Crippen LogP contribution < -0.4 is 10.6 Å². The molecule has 0 saturated carbocycles. The number of rotatable bonds is 8. The van der Waals surface area contributed by atoms with E-state index in [9.17, 15) is 22.8 Å². The molecule has 8 rings (SSSR count). The molecule has 3 aromatic heterocycles. The van der Waals surface area contributed by atoms with Crippen LogP contribution in [0.4, 0.5) is 9.59 Å². The molecule has 22 nitrogen and oxygen atoms in total. The number of hydrogen-bond acceptors (Lipinski definition) is 20. The molecule has 6 aromatic rings. The van der Waals surface area contributed by atoms with Crippen molar-refractivity contribution in [1.29, 1.82) is 0 Å². The van der Waals surface area contributed by atoms with Gasteiger partial charge in [-0.25, -0.2) is 19.4 Å². The number of nitrogens with zero attached hydrogens (tertiary/aromatic N) is 7. The van der Waals surface area contributed by atoms with Crippen molar-refractivity contribution in [2.75, 3.05) is 91.9 Å². The Labute approximate surface area is 571 Å². The highest BCUT2D eigenvalue weighted by molar-refractivity contribution is 7.85. The Bertz CT molecular complexity index is 3910. The molecule has 0 aliphatic carbocycles. The van der Waals surface area contributed by atoms with Gasteiger partial charge in [0.2, 0.25) is 0 Å². The second kappa shape index (κ2) is 40.6. The predicted molar refractivity (Wildman–Crippen MR) is 367 cm³/mol. The summed E-state index contributed by atoms with van der Waals surface area (Å²) in [5.74, 6) is 18.6. The van der Waals surface area contributed by atoms with E-state index in [1.54, 1.807) is 21.9 Å². The number of aryl methyl sites for hydroxylation is 5. The first kappa shape index (κ1) is 79.7. The SMILES string of the molecule is CC(C)(C)OC(=O)N1CCNCCNCC1.COC(=O)c1cc(C#Cc2ccc(C)cc2)cc(CN2CCN(Cc3cc(C#Cc4ccc(C)cc4)cc(C)n3)CCN(C(=O)OC(C)(C)C)CC2)n1.Cc1ccc(C#Cc2cc(C)nc(COS(C)(=O)=O)c2)cc1.O=C=O.O=C=O. The number of amides is 2. The largest absolute Gasteiger partial charge is 0.464 e. The summed E-state index contributed by atoms with van der Waals surface area (Å²) in [5.41, 5.74) is 11.6. The van der Waals surface area contributed by atoms with Crippen LogP contribution in [0, 0.1) is 70.1 Å². The van der Waals surface area contributed by atoms with Crippen LogP contribution in [0.5, 0.6) is 0 Å². The summed E-state index contributed by atoms with van der Waals surface area (Å²) in [6.45, 7) is 30.8. The van der Waals surface area contributed by atoms with E-state index < -0.39 is 27.3 Å². The molecule has 0 radical (unpaired) electrons. The van der Waals surface area contributed by atoms with E-state index in [0.29, 0.717) is 75.9 Å². The van der Waals surface area contributed by atoms with Crippen LogP contribution in [0.3, 0.4) is 0 Å². The smallest absolute Gasteiger partial charge is 0.410 e. The molecule has 0 atom stereocenters. The van der Waals surface area contributed by atoms with Gasteiger partial charge in [-0.05, 0) is 149 Å². The number of aromatic nitrogens is 3. The van der Waals surface area contributed by atoms with Crippen molar-refractivity contribution in [3.8, 4) is 35.5 Å². The number of carbonyl (C=O) groups is 3. The van der Waals surface area contributed by atoms with Gasteiger partial charge in [-0.2, -0.15) is 27.6 Å². The average molecular weight is 1340 g/mol. The fraction of sp³-hybridized carbons (Fsp3) is 0.405. The van der Waals surface area contributed by atoms with Gasteiger partial charge in [0.1, 0.15) is 23.5 Å². The van der Waals surface area contributed by atoms with E-state index in [2.05, 4.69) is 85.0 Å². The molecule has 3 aromatic carbocycles. The molecule has 2 amide bonds. The van der Waals surface area contributed by atoms with Crippen molar-refractivity contribution in [3.05, 3.63) is 193 Å². The molecule has 2 saturated heterocycles. The third-order valence-corrected chi connectivity index (χ3v) is 14.2. The maximum Gasteiger partial charge on any atom is 0.410 e. The number of esters is 1. The zero-order chi connectivity index (χ0) is 71.6. The lowest BCUT2D eigenvalue weighted by Gasteiger charge is -2.29. The minimum Gasteiger partial charge on any atom is -0.464 e. The number of ether oxygens (including phenoxy) is 3. The fourth-order valence-corrected chi connectivity index (χ4v) is 9.47. The van der Waals surface area contributed by atoms with E-state index in [4.69, 9.17) is 42.6 Å². The van der Waals surface area contributed by atoms with Gasteiger partial charge < -0.3 is 34.6 Å². The molecule has 0 spiro atoms. The van der Waals surface area contributed by atoms with Gasteiger partial charge in [-0.1, -0.05) is 88.6 Å². The van der Waals surface area contributed by atoms with E-state index in [-0.39, 0.29) is 36.8 Å². The fourth-order valence-electron chi connectivity index (χ4n) is 9.14. The van der Waals surface area contributed by atoms with Crippen molar-refractivity contribution in [1.82, 2.24) is 45.2 Å². The van der Waals surface area contributed by atoms with Crippen LogP contribution in [0.2, 0.25) is 0 Å². The Morgan fingerprint density at radius 2 is 0.794 bits per heavy atom. The van der Waals surface area contributed by atoms with Gasteiger partial charge >= 0.3 is 30.5 Å². The lowest BCUT2D eigenvalue weighted by atomic mass is 10.1. The van der Waals surface area contributed by atoms with Crippen molar-refractivity contribution >= 4 is 40.6 Å². The van der Waals surface area contributed by atoms with Gasteiger partial charge in [0.15, 0.2) is 0 Å². The molecule has 0 unspecified atom stereocenters. The minimum atomic E-state index is -3.48. The summed E-state index contributed by atoms with van der Waals surface area (Å²) >= 11 is 0. The number of hydrogen-bond donors (Lipinski definition) is 2. The molecule has 2 N–H and O–H groups in total. The highest BCUT2D eigenvalue weighted by Crippen LogP contribution is 2.17. The van der Waals surface area contributed by atoms with Crippen molar-refractivity contribution in [2.45, 2.75) is 107 Å². The van der Waals surface area contributed by atoms with Gasteiger partial charge in [-0.3, -0.25) is 24.0 Å². The molecule has 23 heteroatoms. The standard InChI is InChI=1S/C44H49N5O4.C17H17NO3S.C11H23N3O2.2CO2/c1-32-8-12-35(13-9-32)16-18-37-26-34(3)45-39(27-37)30-47-20-21-48(23-25-49(24-22-47)43(51)53-44(4,5)6)31-40-28-38(29-41(46-40)42(50)52-7)19-17-36-14-10-33(2)11-15-36;1-13-4-6-15(7-5-13)8-9-16-10-14(2)18-17(11-16)12-21-22(3,19)20;1-11(2,3)16-10(15)14-8-6-12-4-5-13-7-9-14;2*2-1-3/h8-15,26-29H,20-25,30-31H2,1-7H3;4-7,10-11H,12H2,1-3H3;12-13H,4-9H2,1-3H3;;. The molecule has 2 aliphatic rings. The number of benzene rings is 3. The summed E-state index contributed by atoms with van der Waals surface area (Å²) in [4.78, 5) is 92.2. The second-order valence-corrected chi connectivity index (χ2v) is 26.3. The third kappa shape index (κ3) is 33.5. The van der Waals surface area contributed by atoms with Crippen molar-refractivity contribution in [3.63, 3.8) is 0 Å². The Kier molecular flexibility index (Phi) is 33.4. The number of nitrogens with one attached hydrogen (secondary N) is 2. The van der Waals surface area contributed by atoms with Gasteiger partial charge in [0.25, 0.3) is 10.1 Å². The Morgan fingerprint density at radius 1 is 0.464 bits per heavy atom.